The monoisotopic (exact) mass is 664 g/mol. The SMILES string of the molecule is CNC(CCCc1cccc2ccccc12)(OC(=O)C(=O)OC(CCCc1cccc2ccccc12)(NC)c1ccccc1)c1ccccc1. The summed E-state index contributed by atoms with van der Waals surface area (Å²) in [5, 5.41) is 11.3. The number of ether oxygens (including phenoxy) is 2. The Balaban J connectivity index is 1.21. The summed E-state index contributed by atoms with van der Waals surface area (Å²) >= 11 is 0. The van der Waals surface area contributed by atoms with E-state index < -0.39 is 23.4 Å². The molecule has 0 heterocycles. The lowest BCUT2D eigenvalue weighted by Crippen LogP contribution is -2.49. The molecular weight excluding hydrogens is 620 g/mol. The van der Waals surface area contributed by atoms with Gasteiger partial charge in [0.05, 0.1) is 0 Å². The molecule has 6 nitrogen and oxygen atoms in total. The minimum atomic E-state index is -1.24. The predicted octanol–water partition coefficient (Wildman–Crippen LogP) is 8.57. The minimum absolute atomic E-state index is 0.441. The average molecular weight is 665 g/mol. The second-order valence-corrected chi connectivity index (χ2v) is 12.6. The number of hydrogen-bond donors (Lipinski definition) is 2. The second kappa shape index (κ2) is 15.9. The van der Waals surface area contributed by atoms with Crippen LogP contribution in [0.15, 0.2) is 146 Å². The highest BCUT2D eigenvalue weighted by Crippen LogP contribution is 2.33. The van der Waals surface area contributed by atoms with Gasteiger partial charge >= 0.3 is 11.9 Å². The van der Waals surface area contributed by atoms with Gasteiger partial charge in [0.25, 0.3) is 0 Å². The van der Waals surface area contributed by atoms with Gasteiger partial charge in [0.15, 0.2) is 11.4 Å². The lowest BCUT2D eigenvalue weighted by Gasteiger charge is -2.36. The second-order valence-electron chi connectivity index (χ2n) is 12.6. The van der Waals surface area contributed by atoms with Gasteiger partial charge in [0.2, 0.25) is 0 Å². The fourth-order valence-electron chi connectivity index (χ4n) is 7.04. The van der Waals surface area contributed by atoms with Crippen LogP contribution in [0.3, 0.4) is 0 Å². The Morgan fingerprint density at radius 1 is 0.480 bits per heavy atom. The zero-order valence-corrected chi connectivity index (χ0v) is 28.7. The van der Waals surface area contributed by atoms with Crippen LogP contribution in [0, 0.1) is 0 Å². The van der Waals surface area contributed by atoms with E-state index in [4.69, 9.17) is 9.47 Å². The molecule has 0 aliphatic heterocycles. The van der Waals surface area contributed by atoms with Gasteiger partial charge in [-0.05, 0) is 72.5 Å². The van der Waals surface area contributed by atoms with Crippen LogP contribution in [0.4, 0.5) is 0 Å². The third-order valence-corrected chi connectivity index (χ3v) is 9.70. The van der Waals surface area contributed by atoms with Gasteiger partial charge in [0.1, 0.15) is 0 Å². The number of hydrogen-bond acceptors (Lipinski definition) is 6. The third-order valence-electron chi connectivity index (χ3n) is 9.70. The zero-order valence-electron chi connectivity index (χ0n) is 28.7. The van der Waals surface area contributed by atoms with Gasteiger partial charge in [-0.3, -0.25) is 10.6 Å². The largest absolute Gasteiger partial charge is 0.431 e. The van der Waals surface area contributed by atoms with Crippen molar-refractivity contribution < 1.29 is 19.1 Å². The van der Waals surface area contributed by atoms with Crippen molar-refractivity contribution in [2.24, 2.45) is 0 Å². The smallest absolute Gasteiger partial charge is 0.419 e. The van der Waals surface area contributed by atoms with Gasteiger partial charge in [-0.2, -0.15) is 0 Å². The van der Waals surface area contributed by atoms with E-state index in [0.29, 0.717) is 25.7 Å². The molecule has 2 unspecified atom stereocenters. The van der Waals surface area contributed by atoms with Crippen LogP contribution in [0.5, 0.6) is 0 Å². The number of rotatable bonds is 14. The Labute approximate surface area is 294 Å². The molecule has 0 aliphatic rings. The van der Waals surface area contributed by atoms with E-state index in [9.17, 15) is 9.59 Å². The van der Waals surface area contributed by atoms with E-state index in [1.165, 1.54) is 32.7 Å². The van der Waals surface area contributed by atoms with Gasteiger partial charge in [-0.15, -0.1) is 0 Å². The Morgan fingerprint density at radius 2 is 0.840 bits per heavy atom. The number of nitrogens with one attached hydrogen (secondary N) is 2. The summed E-state index contributed by atoms with van der Waals surface area (Å²) in [7, 11) is 3.50. The molecule has 0 spiro atoms. The van der Waals surface area contributed by atoms with Crippen LogP contribution in [-0.4, -0.2) is 26.0 Å². The molecule has 6 aromatic rings. The molecule has 0 amide bonds. The maximum absolute atomic E-state index is 13.8. The van der Waals surface area contributed by atoms with Crippen molar-refractivity contribution in [1.29, 1.82) is 0 Å². The average Bonchev–Trinajstić information content (AvgIpc) is 3.17. The fraction of sp³-hybridized carbons (Fsp3) is 0.227. The molecule has 2 N–H and O–H groups in total. The van der Waals surface area contributed by atoms with Gasteiger partial charge < -0.3 is 9.47 Å². The van der Waals surface area contributed by atoms with Crippen LogP contribution >= 0.6 is 0 Å². The molecule has 6 rings (SSSR count). The minimum Gasteiger partial charge on any atom is -0.431 e. The van der Waals surface area contributed by atoms with E-state index in [0.717, 1.165) is 24.0 Å². The first-order chi connectivity index (χ1) is 24.5. The molecule has 0 aromatic heterocycles. The maximum atomic E-state index is 13.8. The Hall–Kier alpha value is -5.30. The molecular formula is C44H44N2O4. The number of carbonyl (C=O) groups excluding carboxylic acids is 2. The number of aryl methyl sites for hydroxylation is 2. The zero-order chi connectivity index (χ0) is 34.8. The van der Waals surface area contributed by atoms with Crippen LogP contribution < -0.4 is 10.6 Å². The Bertz CT molecular complexity index is 1890. The van der Waals surface area contributed by atoms with E-state index in [1.54, 1.807) is 14.1 Å². The summed E-state index contributed by atoms with van der Waals surface area (Å²) in [6.45, 7) is 0. The van der Waals surface area contributed by atoms with E-state index in [-0.39, 0.29) is 0 Å². The van der Waals surface area contributed by atoms with Crippen molar-refractivity contribution in [3.05, 3.63) is 168 Å². The van der Waals surface area contributed by atoms with Gasteiger partial charge in [0, 0.05) is 24.0 Å². The Kier molecular flexibility index (Phi) is 11.0. The molecule has 6 heteroatoms. The summed E-state index contributed by atoms with van der Waals surface area (Å²) in [6, 6.07) is 48.3. The first-order valence-electron chi connectivity index (χ1n) is 17.4. The predicted molar refractivity (Wildman–Crippen MR) is 200 cm³/mol. The van der Waals surface area contributed by atoms with Crippen LogP contribution in [-0.2, 0) is 43.4 Å². The van der Waals surface area contributed by atoms with E-state index >= 15 is 0 Å². The summed E-state index contributed by atoms with van der Waals surface area (Å²) < 4.78 is 12.3. The van der Waals surface area contributed by atoms with Crippen molar-refractivity contribution in [3.8, 4) is 0 Å². The standard InChI is InChI=1S/C44H44N2O4/c1-45-43(37-25-5-3-6-26-37,31-15-23-35-21-13-19-33-17-9-11-29-39(33)35)49-41(47)42(48)50-44(46-2,38-27-7-4-8-28-38)32-16-24-36-22-14-20-34-18-10-12-30-40(34)36/h3-14,17-22,25-30,45-46H,15-16,23-24,31-32H2,1-2H3. The molecule has 0 fully saturated rings. The van der Waals surface area contributed by atoms with Crippen molar-refractivity contribution in [2.45, 2.75) is 50.0 Å². The highest BCUT2D eigenvalue weighted by atomic mass is 16.6. The summed E-state index contributed by atoms with van der Waals surface area (Å²) in [5.74, 6) is -2.11. The van der Waals surface area contributed by atoms with Gasteiger partial charge in [-0.1, -0.05) is 146 Å². The van der Waals surface area contributed by atoms with Crippen LogP contribution in [0.2, 0.25) is 0 Å². The molecule has 0 bridgehead atoms. The number of carbonyl (C=O) groups is 2. The molecule has 0 radical (unpaired) electrons. The highest BCUT2D eigenvalue weighted by Gasteiger charge is 2.41. The first kappa shape index (κ1) is 34.6. The molecule has 0 aliphatic carbocycles. The number of esters is 2. The summed E-state index contributed by atoms with van der Waals surface area (Å²) in [4.78, 5) is 27.6. The molecule has 0 saturated heterocycles. The van der Waals surface area contributed by atoms with E-state index in [2.05, 4.69) is 71.3 Å². The number of fused-ring (bicyclic) bond motifs is 2. The molecule has 50 heavy (non-hydrogen) atoms. The van der Waals surface area contributed by atoms with Crippen molar-refractivity contribution in [3.63, 3.8) is 0 Å². The van der Waals surface area contributed by atoms with Crippen molar-refractivity contribution in [2.75, 3.05) is 14.1 Å². The molecule has 6 aromatic carbocycles. The highest BCUT2D eigenvalue weighted by molar-refractivity contribution is 6.29. The Morgan fingerprint density at radius 3 is 1.24 bits per heavy atom. The van der Waals surface area contributed by atoms with Crippen LogP contribution in [0.25, 0.3) is 21.5 Å². The topological polar surface area (TPSA) is 76.7 Å². The normalized spacial score (nSPS) is 13.7. The summed E-state index contributed by atoms with van der Waals surface area (Å²) in [6.07, 6.45) is 3.82. The van der Waals surface area contributed by atoms with Crippen molar-refractivity contribution in [1.82, 2.24) is 10.6 Å². The fourth-order valence-corrected chi connectivity index (χ4v) is 7.04. The molecule has 2 atom stereocenters. The first-order valence-corrected chi connectivity index (χ1v) is 17.4. The lowest BCUT2D eigenvalue weighted by molar-refractivity contribution is -0.193. The van der Waals surface area contributed by atoms with Gasteiger partial charge in [-0.25, -0.2) is 9.59 Å². The van der Waals surface area contributed by atoms with Crippen molar-refractivity contribution >= 4 is 33.5 Å². The lowest BCUT2D eigenvalue weighted by atomic mass is 9.93. The molecule has 0 saturated carbocycles. The maximum Gasteiger partial charge on any atom is 0.419 e. The third kappa shape index (κ3) is 7.62. The molecule has 254 valence electrons. The van der Waals surface area contributed by atoms with Crippen LogP contribution in [0.1, 0.15) is 47.9 Å². The van der Waals surface area contributed by atoms with E-state index in [1.807, 2.05) is 84.9 Å². The number of benzene rings is 6. The summed E-state index contributed by atoms with van der Waals surface area (Å²) in [5.41, 5.74) is 1.45. The quantitative estimate of drug-likeness (QED) is 0.0691.